The fraction of sp³-hybridized carbons (Fsp3) is 0.692. The van der Waals surface area contributed by atoms with E-state index in [1.807, 2.05) is 45.9 Å². The molecule has 3 aliphatic rings. The van der Waals surface area contributed by atoms with Crippen molar-refractivity contribution in [3.8, 4) is 5.75 Å². The molecule has 3 unspecified atom stereocenters. The van der Waals surface area contributed by atoms with Crippen LogP contribution in [0.3, 0.4) is 0 Å². The molecule has 1 N–H and O–H groups in total. The van der Waals surface area contributed by atoms with Gasteiger partial charge >= 0.3 is 12.1 Å². The Morgan fingerprint density at radius 1 is 1.21 bits per heavy atom. The van der Waals surface area contributed by atoms with Gasteiger partial charge in [0.1, 0.15) is 17.0 Å². The molecule has 1 aromatic carbocycles. The van der Waals surface area contributed by atoms with Crippen molar-refractivity contribution >= 4 is 12.1 Å². The van der Waals surface area contributed by atoms with Crippen LogP contribution in [0.2, 0.25) is 0 Å². The number of carbonyl (C=O) groups excluding carboxylic acids is 2. The molecule has 7 nitrogen and oxygen atoms in total. The van der Waals surface area contributed by atoms with Crippen LogP contribution < -0.4 is 4.74 Å². The molecule has 0 radical (unpaired) electrons. The van der Waals surface area contributed by atoms with Crippen LogP contribution >= 0.6 is 0 Å². The zero-order valence-electron chi connectivity index (χ0n) is 20.4. The fourth-order valence-electron chi connectivity index (χ4n) is 5.35. The summed E-state index contributed by atoms with van der Waals surface area (Å²) in [5.41, 5.74) is 0.814. The minimum absolute atomic E-state index is 0.0791. The Morgan fingerprint density at radius 2 is 1.88 bits per heavy atom. The number of aliphatic hydroxyl groups is 1. The predicted molar refractivity (Wildman–Crippen MR) is 123 cm³/mol. The van der Waals surface area contributed by atoms with Gasteiger partial charge in [0.2, 0.25) is 0 Å². The minimum atomic E-state index is -0.617. The summed E-state index contributed by atoms with van der Waals surface area (Å²) in [5, 5.41) is 10.9. The van der Waals surface area contributed by atoms with Crippen LogP contribution in [-0.4, -0.2) is 53.5 Å². The molecule has 1 saturated heterocycles. The van der Waals surface area contributed by atoms with E-state index in [-0.39, 0.29) is 23.9 Å². The first-order valence-electron chi connectivity index (χ1n) is 12.1. The topological polar surface area (TPSA) is 85.3 Å². The highest BCUT2D eigenvalue weighted by atomic mass is 16.6. The van der Waals surface area contributed by atoms with Crippen molar-refractivity contribution in [2.75, 3.05) is 20.2 Å². The molecule has 7 heteroatoms. The van der Waals surface area contributed by atoms with Crippen LogP contribution in [0, 0.1) is 11.8 Å². The maximum Gasteiger partial charge on any atom is 0.410 e. The number of aliphatic hydroxyl groups excluding tert-OH is 1. The molecule has 1 spiro atoms. The zero-order chi connectivity index (χ0) is 24.0. The van der Waals surface area contributed by atoms with Gasteiger partial charge in [0.15, 0.2) is 0 Å². The van der Waals surface area contributed by atoms with Crippen molar-refractivity contribution in [3.63, 3.8) is 0 Å². The first-order chi connectivity index (χ1) is 15.5. The van der Waals surface area contributed by atoms with Gasteiger partial charge in [0, 0.05) is 37.9 Å². The lowest BCUT2D eigenvalue weighted by atomic mass is 9.79. The van der Waals surface area contributed by atoms with E-state index >= 15 is 0 Å². The number of hydrogen-bond acceptors (Lipinski definition) is 6. The highest BCUT2D eigenvalue weighted by molar-refractivity contribution is 5.73. The van der Waals surface area contributed by atoms with Gasteiger partial charge in [-0.05, 0) is 57.1 Å². The summed E-state index contributed by atoms with van der Waals surface area (Å²) in [6.45, 7) is 8.57. The monoisotopic (exact) mass is 459 g/mol. The van der Waals surface area contributed by atoms with Gasteiger partial charge in [-0.3, -0.25) is 4.79 Å². The summed E-state index contributed by atoms with van der Waals surface area (Å²) in [7, 11) is 1.43. The molecule has 33 heavy (non-hydrogen) atoms. The number of amides is 1. The number of hydrogen-bond donors (Lipinski definition) is 1. The normalized spacial score (nSPS) is 23.8. The van der Waals surface area contributed by atoms with Crippen LogP contribution in [-0.2, 0) is 14.3 Å². The third kappa shape index (κ3) is 5.13. The Bertz CT molecular complexity index is 895. The summed E-state index contributed by atoms with van der Waals surface area (Å²) in [6, 6.07) is 5.98. The molecule has 1 aliphatic carbocycles. The molecule has 1 amide bonds. The second kappa shape index (κ2) is 8.82. The molecule has 1 saturated carbocycles. The van der Waals surface area contributed by atoms with Gasteiger partial charge in [-0.15, -0.1) is 0 Å². The highest BCUT2D eigenvalue weighted by Crippen LogP contribution is 2.50. The molecule has 0 aromatic heterocycles. The average molecular weight is 460 g/mol. The first kappa shape index (κ1) is 23.9. The number of fused-ring (bicyclic) bond motifs is 1. The quantitative estimate of drug-likeness (QED) is 0.664. The second-order valence-corrected chi connectivity index (χ2v) is 10.9. The standard InChI is InChI=1S/C26H37NO6/c1-16(23(29)31-5)22(17-6-7-17)18-8-9-19-20(28)15-26(32-21(19)14-18)10-12-27(13-11-26)24(30)33-25(2,3)4/h8-9,14,16-17,20,22,28H,6-7,10-13,15H2,1-5H3. The van der Waals surface area contributed by atoms with Crippen LogP contribution in [0.4, 0.5) is 4.79 Å². The maximum absolute atomic E-state index is 12.5. The SMILES string of the molecule is COC(=O)C(C)C(c1ccc2c(c1)OC1(CCN(C(=O)OC(C)(C)C)CC1)CC2O)C1CC1. The number of ether oxygens (including phenoxy) is 3. The van der Waals surface area contributed by atoms with Gasteiger partial charge in [-0.25, -0.2) is 4.79 Å². The summed E-state index contributed by atoms with van der Waals surface area (Å²) in [5.74, 6) is 0.809. The van der Waals surface area contributed by atoms with Crippen LogP contribution in [0.15, 0.2) is 18.2 Å². The number of likely N-dealkylation sites (tertiary alicyclic amines) is 1. The molecule has 3 atom stereocenters. The number of esters is 1. The largest absolute Gasteiger partial charge is 0.487 e. The predicted octanol–water partition coefficient (Wildman–Crippen LogP) is 4.57. The molecule has 2 aliphatic heterocycles. The summed E-state index contributed by atoms with van der Waals surface area (Å²) >= 11 is 0. The molecular formula is C26H37NO6. The van der Waals surface area contributed by atoms with E-state index < -0.39 is 17.3 Å². The van der Waals surface area contributed by atoms with Crippen LogP contribution in [0.1, 0.15) is 82.9 Å². The lowest BCUT2D eigenvalue weighted by molar-refractivity contribution is -0.145. The lowest BCUT2D eigenvalue weighted by Crippen LogP contribution is -2.52. The third-order valence-electron chi connectivity index (χ3n) is 7.24. The Morgan fingerprint density at radius 3 is 2.45 bits per heavy atom. The molecule has 2 fully saturated rings. The van der Waals surface area contributed by atoms with Gasteiger partial charge in [-0.2, -0.15) is 0 Å². The van der Waals surface area contributed by atoms with Gasteiger partial charge in [-0.1, -0.05) is 19.1 Å². The Hall–Kier alpha value is -2.28. The molecule has 0 bridgehead atoms. The summed E-state index contributed by atoms with van der Waals surface area (Å²) < 4.78 is 17.1. The average Bonchev–Trinajstić information content (AvgIpc) is 3.57. The number of carbonyl (C=O) groups is 2. The second-order valence-electron chi connectivity index (χ2n) is 10.9. The fourth-order valence-corrected chi connectivity index (χ4v) is 5.35. The van der Waals surface area contributed by atoms with Crippen LogP contribution in [0.25, 0.3) is 0 Å². The number of methoxy groups -OCH3 is 1. The van der Waals surface area contributed by atoms with Crippen molar-refractivity contribution in [1.29, 1.82) is 0 Å². The Labute approximate surface area is 196 Å². The molecule has 2 heterocycles. The van der Waals surface area contributed by atoms with Gasteiger partial charge in [0.05, 0.1) is 19.1 Å². The lowest BCUT2D eigenvalue weighted by Gasteiger charge is -2.46. The van der Waals surface area contributed by atoms with E-state index in [1.165, 1.54) is 7.11 Å². The smallest absolute Gasteiger partial charge is 0.410 e. The Balaban J connectivity index is 1.51. The van der Waals surface area contributed by atoms with Crippen LogP contribution in [0.5, 0.6) is 5.75 Å². The van der Waals surface area contributed by atoms with Gasteiger partial charge in [0.25, 0.3) is 0 Å². The van der Waals surface area contributed by atoms with Crippen molar-refractivity contribution in [1.82, 2.24) is 4.90 Å². The van der Waals surface area contributed by atoms with Crippen molar-refractivity contribution in [2.45, 2.75) is 83.0 Å². The third-order valence-corrected chi connectivity index (χ3v) is 7.24. The van der Waals surface area contributed by atoms with E-state index in [1.54, 1.807) is 4.90 Å². The van der Waals surface area contributed by atoms with E-state index in [0.717, 1.165) is 24.0 Å². The number of piperidine rings is 1. The van der Waals surface area contributed by atoms with Gasteiger partial charge < -0.3 is 24.2 Å². The Kier molecular flexibility index (Phi) is 6.38. The molecular weight excluding hydrogens is 422 g/mol. The maximum atomic E-state index is 12.5. The molecule has 182 valence electrons. The summed E-state index contributed by atoms with van der Waals surface area (Å²) in [4.78, 5) is 26.5. The first-order valence-corrected chi connectivity index (χ1v) is 12.1. The van der Waals surface area contributed by atoms with E-state index in [2.05, 4.69) is 0 Å². The minimum Gasteiger partial charge on any atom is -0.487 e. The number of benzene rings is 1. The number of nitrogens with zero attached hydrogens (tertiary/aromatic N) is 1. The molecule has 4 rings (SSSR count). The highest BCUT2D eigenvalue weighted by Gasteiger charge is 2.45. The van der Waals surface area contributed by atoms with Crippen molar-refractivity contribution in [3.05, 3.63) is 29.3 Å². The van der Waals surface area contributed by atoms with Crippen molar-refractivity contribution in [2.24, 2.45) is 11.8 Å². The van der Waals surface area contributed by atoms with E-state index in [0.29, 0.717) is 44.0 Å². The molecule has 1 aromatic rings. The number of rotatable bonds is 4. The van der Waals surface area contributed by atoms with E-state index in [4.69, 9.17) is 14.2 Å². The van der Waals surface area contributed by atoms with E-state index in [9.17, 15) is 14.7 Å². The summed E-state index contributed by atoms with van der Waals surface area (Å²) in [6.07, 6.45) is 3.07. The van der Waals surface area contributed by atoms with Crippen molar-refractivity contribution < 1.29 is 28.9 Å². The zero-order valence-corrected chi connectivity index (χ0v) is 20.4.